The van der Waals surface area contributed by atoms with Crippen molar-refractivity contribution in [3.63, 3.8) is 0 Å². The largest absolute Gasteiger partial charge is 0.379 e. The van der Waals surface area contributed by atoms with Gasteiger partial charge in [-0.05, 0) is 67.4 Å². The van der Waals surface area contributed by atoms with E-state index in [4.69, 9.17) is 4.74 Å². The molecular weight excluding hydrogens is 297 g/mol. The molecule has 1 rings (SSSR count). The molecule has 1 N–H and O–H groups in total. The van der Waals surface area contributed by atoms with Crippen molar-refractivity contribution in [2.24, 2.45) is 0 Å². The van der Waals surface area contributed by atoms with Crippen LogP contribution in [-0.2, 0) is 11.2 Å². The van der Waals surface area contributed by atoms with E-state index in [1.165, 1.54) is 6.07 Å². The van der Waals surface area contributed by atoms with Crippen molar-refractivity contribution in [1.29, 1.82) is 0 Å². The van der Waals surface area contributed by atoms with Crippen LogP contribution in [0.2, 0.25) is 0 Å². The summed E-state index contributed by atoms with van der Waals surface area (Å²) in [5.41, 5.74) is 0.944. The third-order valence-corrected chi connectivity index (χ3v) is 3.77. The molecule has 0 bridgehead atoms. The molecule has 0 spiro atoms. The molecule has 0 saturated carbocycles. The Labute approximate surface area is 117 Å². The van der Waals surface area contributed by atoms with Crippen molar-refractivity contribution in [3.05, 3.63) is 34.1 Å². The lowest BCUT2D eigenvalue weighted by Gasteiger charge is -2.28. The van der Waals surface area contributed by atoms with Crippen LogP contribution in [0, 0.1) is 5.82 Å². The number of nitrogens with one attached hydrogen (secondary N) is 1. The molecule has 0 aliphatic rings. The van der Waals surface area contributed by atoms with Gasteiger partial charge < -0.3 is 10.1 Å². The molecule has 102 valence electrons. The summed E-state index contributed by atoms with van der Waals surface area (Å²) in [6, 6.07) is 5.45. The minimum Gasteiger partial charge on any atom is -0.379 e. The molecule has 1 aromatic carbocycles. The van der Waals surface area contributed by atoms with E-state index in [0.29, 0.717) is 10.5 Å². The highest BCUT2D eigenvalue weighted by molar-refractivity contribution is 9.10. The lowest BCUT2D eigenvalue weighted by molar-refractivity contribution is 0.00772. The van der Waals surface area contributed by atoms with Crippen molar-refractivity contribution in [1.82, 2.24) is 5.32 Å². The maximum absolute atomic E-state index is 13.2. The van der Waals surface area contributed by atoms with Gasteiger partial charge in [-0.2, -0.15) is 0 Å². The first-order valence-corrected chi connectivity index (χ1v) is 6.83. The van der Waals surface area contributed by atoms with Gasteiger partial charge in [-0.1, -0.05) is 6.07 Å². The van der Waals surface area contributed by atoms with E-state index >= 15 is 0 Å². The minimum atomic E-state index is -0.225. The molecule has 0 heterocycles. The fraction of sp³-hybridized carbons (Fsp3) is 0.571. The molecule has 1 atom stereocenters. The molecule has 0 fully saturated rings. The number of rotatable bonds is 6. The lowest BCUT2D eigenvalue weighted by Crippen LogP contribution is -2.37. The molecule has 4 heteroatoms. The summed E-state index contributed by atoms with van der Waals surface area (Å²) in [4.78, 5) is 0. The Morgan fingerprint density at radius 3 is 2.61 bits per heavy atom. The average molecular weight is 318 g/mol. The number of hydrogen-bond donors (Lipinski definition) is 1. The number of methoxy groups -OCH3 is 1. The summed E-state index contributed by atoms with van der Waals surface area (Å²) in [6.45, 7) is 4.13. The zero-order valence-corrected chi connectivity index (χ0v) is 13.0. The van der Waals surface area contributed by atoms with E-state index in [-0.39, 0.29) is 11.4 Å². The van der Waals surface area contributed by atoms with Gasteiger partial charge in [0, 0.05) is 13.2 Å². The highest BCUT2D eigenvalue weighted by Gasteiger charge is 2.22. The molecule has 0 radical (unpaired) electrons. The Morgan fingerprint density at radius 1 is 1.44 bits per heavy atom. The van der Waals surface area contributed by atoms with E-state index in [0.717, 1.165) is 18.4 Å². The van der Waals surface area contributed by atoms with Gasteiger partial charge in [0.25, 0.3) is 0 Å². The second-order valence-electron chi connectivity index (χ2n) is 5.11. The van der Waals surface area contributed by atoms with Gasteiger partial charge >= 0.3 is 0 Å². The zero-order chi connectivity index (χ0) is 13.8. The molecule has 0 aliphatic heterocycles. The van der Waals surface area contributed by atoms with Gasteiger partial charge in [0.2, 0.25) is 0 Å². The van der Waals surface area contributed by atoms with Crippen LogP contribution in [0.25, 0.3) is 0 Å². The molecule has 0 aromatic heterocycles. The van der Waals surface area contributed by atoms with Gasteiger partial charge in [0.15, 0.2) is 0 Å². The van der Waals surface area contributed by atoms with E-state index < -0.39 is 0 Å². The van der Waals surface area contributed by atoms with Gasteiger partial charge in [-0.25, -0.2) is 4.39 Å². The predicted molar refractivity (Wildman–Crippen MR) is 76.4 cm³/mol. The van der Waals surface area contributed by atoms with Crippen molar-refractivity contribution in [2.45, 2.75) is 38.3 Å². The lowest BCUT2D eigenvalue weighted by atomic mass is 9.94. The van der Waals surface area contributed by atoms with E-state index in [1.807, 2.05) is 19.2 Å². The van der Waals surface area contributed by atoms with Crippen LogP contribution in [0.1, 0.15) is 25.8 Å². The molecule has 0 aliphatic carbocycles. The Kier molecular flexibility index (Phi) is 5.76. The molecule has 18 heavy (non-hydrogen) atoms. The Balaban J connectivity index is 2.71. The summed E-state index contributed by atoms with van der Waals surface area (Å²) in [5.74, 6) is -0.225. The van der Waals surface area contributed by atoms with Crippen molar-refractivity contribution >= 4 is 15.9 Å². The molecular formula is C14H21BrFNO. The van der Waals surface area contributed by atoms with Gasteiger partial charge in [0.1, 0.15) is 5.82 Å². The van der Waals surface area contributed by atoms with E-state index in [1.54, 1.807) is 7.11 Å². The van der Waals surface area contributed by atoms with Crippen LogP contribution in [0.15, 0.2) is 22.7 Å². The average Bonchev–Trinajstić information content (AvgIpc) is 2.33. The third kappa shape index (κ3) is 4.67. The highest BCUT2D eigenvalue weighted by Crippen LogP contribution is 2.21. The molecule has 0 amide bonds. The fourth-order valence-corrected chi connectivity index (χ4v) is 2.33. The molecule has 1 unspecified atom stereocenters. The second kappa shape index (κ2) is 6.64. The third-order valence-electron chi connectivity index (χ3n) is 3.16. The normalized spacial score (nSPS) is 13.7. The molecule has 2 nitrogen and oxygen atoms in total. The van der Waals surface area contributed by atoms with Crippen molar-refractivity contribution in [2.75, 3.05) is 14.2 Å². The van der Waals surface area contributed by atoms with E-state index in [9.17, 15) is 4.39 Å². The number of benzene rings is 1. The van der Waals surface area contributed by atoms with Crippen LogP contribution in [0.5, 0.6) is 0 Å². The SMILES string of the molecule is CNC(Cc1ccc(F)c(Br)c1)CC(C)(C)OC. The van der Waals surface area contributed by atoms with Crippen LogP contribution in [0.4, 0.5) is 4.39 Å². The number of likely N-dealkylation sites (N-methyl/N-ethyl adjacent to an activating group) is 1. The van der Waals surface area contributed by atoms with Crippen molar-refractivity contribution < 1.29 is 9.13 Å². The van der Waals surface area contributed by atoms with Gasteiger partial charge in [-0.3, -0.25) is 0 Å². The fourth-order valence-electron chi connectivity index (χ4n) is 1.90. The van der Waals surface area contributed by atoms with Crippen molar-refractivity contribution in [3.8, 4) is 0 Å². The predicted octanol–water partition coefficient (Wildman–Crippen LogP) is 3.53. The van der Waals surface area contributed by atoms with Crippen LogP contribution < -0.4 is 5.32 Å². The maximum atomic E-state index is 13.2. The van der Waals surface area contributed by atoms with Crippen LogP contribution in [-0.4, -0.2) is 25.8 Å². The number of ether oxygens (including phenoxy) is 1. The minimum absolute atomic E-state index is 0.162. The smallest absolute Gasteiger partial charge is 0.137 e. The molecule has 0 saturated heterocycles. The topological polar surface area (TPSA) is 21.3 Å². The first kappa shape index (κ1) is 15.6. The summed E-state index contributed by atoms with van der Waals surface area (Å²) < 4.78 is 19.1. The molecule has 1 aromatic rings. The monoisotopic (exact) mass is 317 g/mol. The highest BCUT2D eigenvalue weighted by atomic mass is 79.9. The van der Waals surface area contributed by atoms with Gasteiger partial charge in [0.05, 0.1) is 10.1 Å². The Bertz CT molecular complexity index is 395. The quantitative estimate of drug-likeness (QED) is 0.866. The summed E-state index contributed by atoms with van der Waals surface area (Å²) in [5, 5.41) is 3.29. The van der Waals surface area contributed by atoms with Gasteiger partial charge in [-0.15, -0.1) is 0 Å². The standard InChI is InChI=1S/C14H21BrFNO/c1-14(2,18-4)9-11(17-3)7-10-5-6-13(16)12(15)8-10/h5-6,8,11,17H,7,9H2,1-4H3. The second-order valence-corrected chi connectivity index (χ2v) is 5.96. The maximum Gasteiger partial charge on any atom is 0.137 e. The number of hydrogen-bond acceptors (Lipinski definition) is 2. The first-order valence-electron chi connectivity index (χ1n) is 6.04. The summed E-state index contributed by atoms with van der Waals surface area (Å²) in [6.07, 6.45) is 1.75. The summed E-state index contributed by atoms with van der Waals surface area (Å²) in [7, 11) is 3.66. The summed E-state index contributed by atoms with van der Waals surface area (Å²) >= 11 is 3.21. The number of halogens is 2. The Morgan fingerprint density at radius 2 is 2.11 bits per heavy atom. The van der Waals surface area contributed by atoms with Crippen LogP contribution in [0.3, 0.4) is 0 Å². The first-order chi connectivity index (χ1) is 8.38. The Hall–Kier alpha value is -0.450. The van der Waals surface area contributed by atoms with E-state index in [2.05, 4.69) is 35.1 Å². The van der Waals surface area contributed by atoms with Crippen LogP contribution >= 0.6 is 15.9 Å². The zero-order valence-electron chi connectivity index (χ0n) is 11.4.